The Morgan fingerprint density at radius 3 is 2.91 bits per heavy atom. The number of rotatable bonds is 3. The summed E-state index contributed by atoms with van der Waals surface area (Å²) in [5.74, 6) is -0.474. The van der Waals surface area contributed by atoms with Crippen molar-refractivity contribution >= 4 is 22.3 Å². The Bertz CT molecular complexity index is 1470. The van der Waals surface area contributed by atoms with Gasteiger partial charge in [-0.1, -0.05) is 6.08 Å². The van der Waals surface area contributed by atoms with E-state index in [2.05, 4.69) is 33.5 Å². The number of piperazine rings is 1. The summed E-state index contributed by atoms with van der Waals surface area (Å²) in [5.41, 5.74) is 2.84. The molecule has 33 heavy (non-hydrogen) atoms. The van der Waals surface area contributed by atoms with Crippen LogP contribution in [0, 0.1) is 12.7 Å². The molecule has 2 aliphatic heterocycles. The summed E-state index contributed by atoms with van der Waals surface area (Å²) in [6.45, 7) is 9.84. The van der Waals surface area contributed by atoms with Crippen LogP contribution in [0.5, 0.6) is 0 Å². The second kappa shape index (κ2) is 7.28. The molecule has 2 saturated heterocycles. The summed E-state index contributed by atoms with van der Waals surface area (Å²) >= 11 is 0. The van der Waals surface area contributed by atoms with Gasteiger partial charge in [0.2, 0.25) is 0 Å². The molecular weight excluding hydrogens is 419 g/mol. The third kappa shape index (κ3) is 3.18. The number of imidazole rings is 1. The highest BCUT2D eigenvalue weighted by atomic mass is 19.1. The molecule has 1 unspecified atom stereocenters. The topological polar surface area (TPSA) is 54.0 Å². The van der Waals surface area contributed by atoms with Crippen molar-refractivity contribution < 1.29 is 8.81 Å². The number of benzene rings is 1. The zero-order valence-corrected chi connectivity index (χ0v) is 18.6. The van der Waals surface area contributed by atoms with Gasteiger partial charge < -0.3 is 13.7 Å². The maximum atomic E-state index is 14.6. The van der Waals surface area contributed by atoms with Crippen molar-refractivity contribution in [3.05, 3.63) is 77.3 Å². The number of fused-ring (bicyclic) bond motifs is 3. The van der Waals surface area contributed by atoms with Crippen molar-refractivity contribution in [3.8, 4) is 11.1 Å². The zero-order valence-electron chi connectivity index (χ0n) is 18.6. The van der Waals surface area contributed by atoms with E-state index in [1.807, 2.05) is 12.1 Å². The lowest BCUT2D eigenvalue weighted by Gasteiger charge is -2.46. The zero-order chi connectivity index (χ0) is 22.7. The van der Waals surface area contributed by atoms with Crippen LogP contribution in [0.4, 0.5) is 10.1 Å². The van der Waals surface area contributed by atoms with E-state index in [0.29, 0.717) is 22.4 Å². The second-order valence-corrected chi connectivity index (χ2v) is 9.18. The Morgan fingerprint density at radius 2 is 2.06 bits per heavy atom. The fourth-order valence-corrected chi connectivity index (χ4v) is 5.46. The van der Waals surface area contributed by atoms with Gasteiger partial charge in [0.15, 0.2) is 11.5 Å². The average molecular weight is 445 g/mol. The van der Waals surface area contributed by atoms with Gasteiger partial charge in [0.05, 0.1) is 16.8 Å². The Hall–Kier alpha value is -3.45. The van der Waals surface area contributed by atoms with E-state index in [-0.39, 0.29) is 11.2 Å². The van der Waals surface area contributed by atoms with Gasteiger partial charge in [0.1, 0.15) is 5.58 Å². The molecule has 0 aliphatic carbocycles. The summed E-state index contributed by atoms with van der Waals surface area (Å²) in [5, 5.41) is 0.800. The van der Waals surface area contributed by atoms with E-state index >= 15 is 0 Å². The van der Waals surface area contributed by atoms with Gasteiger partial charge in [-0.3, -0.25) is 4.90 Å². The predicted octanol–water partition coefficient (Wildman–Crippen LogP) is 4.40. The summed E-state index contributed by atoms with van der Waals surface area (Å²) in [7, 11) is 0. The Morgan fingerprint density at radius 1 is 1.18 bits per heavy atom. The van der Waals surface area contributed by atoms with Gasteiger partial charge in [-0.25, -0.2) is 14.2 Å². The number of aryl methyl sites for hydroxylation is 1. The van der Waals surface area contributed by atoms with Crippen LogP contribution in [0.3, 0.4) is 0 Å². The van der Waals surface area contributed by atoms with Crippen LogP contribution >= 0.6 is 0 Å². The normalized spacial score (nSPS) is 21.1. The number of anilines is 1. The van der Waals surface area contributed by atoms with Crippen LogP contribution in [0.25, 0.3) is 27.7 Å². The van der Waals surface area contributed by atoms with Gasteiger partial charge >= 0.3 is 5.63 Å². The maximum Gasteiger partial charge on any atom is 0.344 e. The highest BCUT2D eigenvalue weighted by Crippen LogP contribution is 2.36. The van der Waals surface area contributed by atoms with Crippen LogP contribution in [0.2, 0.25) is 0 Å². The molecule has 0 saturated carbocycles. The van der Waals surface area contributed by atoms with E-state index < -0.39 is 11.4 Å². The quantitative estimate of drug-likeness (QED) is 0.346. The first-order valence-electron chi connectivity index (χ1n) is 11.3. The van der Waals surface area contributed by atoms with E-state index in [9.17, 15) is 9.18 Å². The first-order chi connectivity index (χ1) is 16.0. The number of aromatic nitrogens is 2. The molecule has 0 bridgehead atoms. The molecule has 3 aromatic heterocycles. The number of pyridine rings is 1. The van der Waals surface area contributed by atoms with Gasteiger partial charge in [-0.05, 0) is 50.6 Å². The van der Waals surface area contributed by atoms with Gasteiger partial charge in [-0.15, -0.1) is 6.58 Å². The average Bonchev–Trinajstić information content (AvgIpc) is 3.41. The molecule has 1 aromatic carbocycles. The molecule has 7 heteroatoms. The van der Waals surface area contributed by atoms with Gasteiger partial charge in [-0.2, -0.15) is 0 Å². The third-order valence-electron chi connectivity index (χ3n) is 7.17. The molecule has 0 radical (unpaired) electrons. The number of halogens is 1. The van der Waals surface area contributed by atoms with Crippen LogP contribution in [-0.2, 0) is 0 Å². The monoisotopic (exact) mass is 444 g/mol. The minimum atomic E-state index is -0.488. The Labute approximate surface area is 190 Å². The number of hydrogen-bond donors (Lipinski definition) is 0. The van der Waals surface area contributed by atoms with Crippen molar-refractivity contribution in [1.29, 1.82) is 0 Å². The van der Waals surface area contributed by atoms with Crippen LogP contribution in [-0.4, -0.2) is 46.0 Å². The lowest BCUT2D eigenvalue weighted by atomic mass is 9.93. The largest absolute Gasteiger partial charge is 0.422 e. The van der Waals surface area contributed by atoms with Crippen molar-refractivity contribution in [2.24, 2.45) is 0 Å². The van der Waals surface area contributed by atoms with Crippen LogP contribution in [0.1, 0.15) is 18.5 Å². The summed E-state index contributed by atoms with van der Waals surface area (Å²) in [6, 6.07) is 9.08. The molecule has 2 fully saturated rings. The number of hydrogen-bond acceptors (Lipinski definition) is 5. The smallest absolute Gasteiger partial charge is 0.344 e. The molecule has 1 atom stereocenters. The lowest BCUT2D eigenvalue weighted by Crippen LogP contribution is -2.58. The molecule has 0 spiro atoms. The molecule has 2 aliphatic rings. The Balaban J connectivity index is 1.38. The van der Waals surface area contributed by atoms with Crippen LogP contribution in [0.15, 0.2) is 64.6 Å². The van der Waals surface area contributed by atoms with Gasteiger partial charge in [0.25, 0.3) is 0 Å². The van der Waals surface area contributed by atoms with Crippen molar-refractivity contribution in [2.45, 2.75) is 25.3 Å². The molecular formula is C26H25FN4O2. The van der Waals surface area contributed by atoms with Crippen molar-refractivity contribution in [2.75, 3.05) is 31.1 Å². The third-order valence-corrected chi connectivity index (χ3v) is 7.17. The van der Waals surface area contributed by atoms with Gasteiger partial charge in [0, 0.05) is 54.7 Å². The molecule has 168 valence electrons. The second-order valence-electron chi connectivity index (χ2n) is 9.18. The fourth-order valence-electron chi connectivity index (χ4n) is 5.46. The van der Waals surface area contributed by atoms with E-state index in [1.165, 1.54) is 12.5 Å². The fraction of sp³-hybridized carbons (Fsp3) is 0.308. The van der Waals surface area contributed by atoms with E-state index in [4.69, 9.17) is 4.42 Å². The standard InChI is InChI=1S/C26H25FN4O2/c1-3-26-7-4-8-31(26)10-9-29(16-26)20-6-5-18-11-21(25(32)33-23(18)13-20)19-12-22(27)24-28-17(2)14-30(24)15-19/h3,5-6,11-15H,1,4,7-10,16H2,2H3. The summed E-state index contributed by atoms with van der Waals surface area (Å²) < 4.78 is 21.9. The molecule has 6 nitrogen and oxygen atoms in total. The number of nitrogens with zero attached hydrogens (tertiary/aromatic N) is 4. The molecule has 4 aromatic rings. The Kier molecular flexibility index (Phi) is 4.45. The SMILES string of the molecule is C=CC12CCCN1CCN(c1ccc3cc(-c4cc(F)c5nc(C)cn5c4)c(=O)oc3c1)C2. The molecule has 6 rings (SSSR count). The van der Waals surface area contributed by atoms with Crippen molar-refractivity contribution in [3.63, 3.8) is 0 Å². The first-order valence-corrected chi connectivity index (χ1v) is 11.3. The highest BCUT2D eigenvalue weighted by Gasteiger charge is 2.42. The maximum absolute atomic E-state index is 14.6. The molecule has 5 heterocycles. The molecule has 0 N–H and O–H groups in total. The van der Waals surface area contributed by atoms with E-state index in [1.54, 1.807) is 29.8 Å². The summed E-state index contributed by atoms with van der Waals surface area (Å²) in [6.07, 6.45) is 7.85. The lowest BCUT2D eigenvalue weighted by molar-refractivity contribution is 0.165. The van der Waals surface area contributed by atoms with E-state index in [0.717, 1.165) is 43.7 Å². The highest BCUT2D eigenvalue weighted by molar-refractivity contribution is 5.84. The van der Waals surface area contributed by atoms with Crippen LogP contribution < -0.4 is 10.5 Å². The molecule has 0 amide bonds. The minimum absolute atomic E-state index is 0.0201. The first kappa shape index (κ1) is 20.2. The van der Waals surface area contributed by atoms with Crippen molar-refractivity contribution in [1.82, 2.24) is 14.3 Å². The minimum Gasteiger partial charge on any atom is -0.422 e. The summed E-state index contributed by atoms with van der Waals surface area (Å²) in [4.78, 5) is 21.9. The predicted molar refractivity (Wildman–Crippen MR) is 127 cm³/mol.